The lowest BCUT2D eigenvalue weighted by Crippen LogP contribution is -2.45. The smallest absolute Gasteiger partial charge is 0.273 e. The topological polar surface area (TPSA) is 101 Å². The maximum Gasteiger partial charge on any atom is 0.273 e. The van der Waals surface area contributed by atoms with Crippen LogP contribution in [-0.2, 0) is 17.8 Å². The summed E-state index contributed by atoms with van der Waals surface area (Å²) in [5.74, 6) is 0.159. The molecule has 3 amide bonds. The fourth-order valence-electron chi connectivity index (χ4n) is 6.13. The number of hydrogen-bond acceptors (Lipinski definition) is 5. The monoisotopic (exact) mass is 600 g/mol. The summed E-state index contributed by atoms with van der Waals surface area (Å²) in [6, 6.07) is 11.9. The molecule has 10 nitrogen and oxygen atoms in total. The normalized spacial score (nSPS) is 20.9. The zero-order chi connectivity index (χ0) is 30.6. The van der Waals surface area contributed by atoms with Gasteiger partial charge in [0, 0.05) is 55.0 Å². The summed E-state index contributed by atoms with van der Waals surface area (Å²) in [4.78, 5) is 46.9. The van der Waals surface area contributed by atoms with Crippen molar-refractivity contribution < 1.29 is 19.1 Å². The molecule has 0 spiro atoms. The molecular formula is C32H33ClN6O4. The van der Waals surface area contributed by atoms with E-state index in [0.29, 0.717) is 47.8 Å². The predicted octanol–water partition coefficient (Wildman–Crippen LogP) is 5.11. The second-order valence-corrected chi connectivity index (χ2v) is 12.1. The molecule has 1 saturated carbocycles. The van der Waals surface area contributed by atoms with Crippen molar-refractivity contribution in [2.45, 2.75) is 70.3 Å². The maximum absolute atomic E-state index is 14.1. The number of fused-ring (bicyclic) bond motifs is 3. The van der Waals surface area contributed by atoms with Crippen LogP contribution in [-0.4, -0.2) is 62.5 Å². The van der Waals surface area contributed by atoms with Gasteiger partial charge in [0.15, 0.2) is 5.60 Å². The molecule has 1 fully saturated rings. The number of likely N-dealkylation sites (N-methyl/N-ethyl adjacent to an activating group) is 1. The molecule has 222 valence electrons. The van der Waals surface area contributed by atoms with E-state index < -0.39 is 5.60 Å². The molecule has 11 heteroatoms. The minimum atomic E-state index is -0.781. The zero-order valence-electron chi connectivity index (χ0n) is 24.6. The Morgan fingerprint density at radius 2 is 1.88 bits per heavy atom. The third-order valence-electron chi connectivity index (χ3n) is 8.85. The number of amides is 3. The summed E-state index contributed by atoms with van der Waals surface area (Å²) in [5, 5.41) is 7.82. The van der Waals surface area contributed by atoms with Crippen LogP contribution >= 0.6 is 11.6 Å². The molecule has 3 heterocycles. The van der Waals surface area contributed by atoms with Gasteiger partial charge in [-0.05, 0) is 44.5 Å². The van der Waals surface area contributed by atoms with Crippen molar-refractivity contribution in [1.82, 2.24) is 24.9 Å². The van der Waals surface area contributed by atoms with Crippen LogP contribution in [0.25, 0.3) is 4.85 Å². The molecule has 2 aliphatic heterocycles. The maximum atomic E-state index is 14.1. The van der Waals surface area contributed by atoms with Gasteiger partial charge in [-0.2, -0.15) is 5.10 Å². The summed E-state index contributed by atoms with van der Waals surface area (Å²) in [5.41, 5.74) is 2.91. The van der Waals surface area contributed by atoms with Crippen molar-refractivity contribution in [1.29, 1.82) is 0 Å². The first kappa shape index (κ1) is 28.7. The molecule has 3 aliphatic rings. The van der Waals surface area contributed by atoms with Crippen LogP contribution in [0.1, 0.15) is 83.4 Å². The summed E-state index contributed by atoms with van der Waals surface area (Å²) >= 11 is 6.10. The number of ether oxygens (including phenoxy) is 1. The van der Waals surface area contributed by atoms with E-state index in [-0.39, 0.29) is 48.1 Å². The summed E-state index contributed by atoms with van der Waals surface area (Å²) in [7, 11) is 1.61. The average Bonchev–Trinajstić information content (AvgIpc) is 3.69. The van der Waals surface area contributed by atoms with Gasteiger partial charge in [-0.1, -0.05) is 35.9 Å². The highest BCUT2D eigenvalue weighted by atomic mass is 35.5. The van der Waals surface area contributed by atoms with E-state index in [1.807, 2.05) is 54.6 Å². The Morgan fingerprint density at radius 1 is 1.16 bits per heavy atom. The lowest BCUT2D eigenvalue weighted by atomic mass is 9.96. The first-order valence-corrected chi connectivity index (χ1v) is 14.8. The highest BCUT2D eigenvalue weighted by molar-refractivity contribution is 6.33. The van der Waals surface area contributed by atoms with Crippen LogP contribution in [0.15, 0.2) is 42.5 Å². The molecular weight excluding hydrogens is 568 g/mol. The number of carbonyl (C=O) groups is 3. The quantitative estimate of drug-likeness (QED) is 0.396. The first-order valence-electron chi connectivity index (χ1n) is 14.5. The van der Waals surface area contributed by atoms with Crippen molar-refractivity contribution in [3.63, 3.8) is 0 Å². The number of carbonyl (C=O) groups excluding carboxylic acids is 3. The van der Waals surface area contributed by atoms with Gasteiger partial charge in [-0.3, -0.25) is 19.1 Å². The number of aromatic nitrogens is 2. The fourth-order valence-corrected chi connectivity index (χ4v) is 6.29. The van der Waals surface area contributed by atoms with Gasteiger partial charge in [0.05, 0.1) is 30.9 Å². The molecule has 1 unspecified atom stereocenters. The highest BCUT2D eigenvalue weighted by Gasteiger charge is 2.52. The lowest BCUT2D eigenvalue weighted by molar-refractivity contribution is -0.129. The third-order valence-corrected chi connectivity index (χ3v) is 9.17. The molecule has 3 aromatic rings. The van der Waals surface area contributed by atoms with E-state index in [1.54, 1.807) is 24.1 Å². The molecule has 1 N–H and O–H groups in total. The van der Waals surface area contributed by atoms with Gasteiger partial charge < -0.3 is 19.9 Å². The van der Waals surface area contributed by atoms with Crippen LogP contribution in [0.3, 0.4) is 0 Å². The van der Waals surface area contributed by atoms with Gasteiger partial charge in [0.25, 0.3) is 17.7 Å². The van der Waals surface area contributed by atoms with E-state index in [9.17, 15) is 14.4 Å². The highest BCUT2D eigenvalue weighted by Crippen LogP contribution is 2.41. The van der Waals surface area contributed by atoms with Crippen LogP contribution in [0.4, 0.5) is 5.69 Å². The number of nitrogens with one attached hydrogen (secondary N) is 1. The third kappa shape index (κ3) is 4.91. The molecule has 6 rings (SSSR count). The lowest BCUT2D eigenvalue weighted by Gasteiger charge is -2.37. The SMILES string of the molecule is [C-]#[N+]c1cc(C(=O)N2Cc3c(nn4c3C(=O)N(C(C)c3ccc(OC5(C(=O)NC)CC5)cc3)C[C@H]4C)C[C@H]2C)ccc1Cl. The minimum Gasteiger partial charge on any atom is -0.477 e. The van der Waals surface area contributed by atoms with E-state index in [1.165, 1.54) is 6.07 Å². The molecule has 3 atom stereocenters. The predicted molar refractivity (Wildman–Crippen MR) is 160 cm³/mol. The van der Waals surface area contributed by atoms with Crippen molar-refractivity contribution in [3.05, 3.63) is 87.0 Å². The molecule has 0 saturated heterocycles. The fraction of sp³-hybridized carbons (Fsp3) is 0.406. The summed E-state index contributed by atoms with van der Waals surface area (Å²) in [6.07, 6.45) is 1.90. The second-order valence-electron chi connectivity index (χ2n) is 11.7. The standard InChI is InChI=1S/C32H33ClN6O4/c1-18-14-26-24(17-37(18)29(40)22-8-11-25(33)27(15-22)34-4)28-30(41)38(16-19(2)39(28)36-26)20(3)21-6-9-23(10-7-21)43-32(12-13-32)31(42)35-5/h6-11,15,18-20H,12-14,16-17H2,1-3,5H3,(H,35,42)/t18-,19-,20?/m1/s1. The van der Waals surface area contributed by atoms with E-state index in [2.05, 4.69) is 10.2 Å². The van der Waals surface area contributed by atoms with Crippen molar-refractivity contribution in [2.24, 2.45) is 0 Å². The molecule has 1 aliphatic carbocycles. The van der Waals surface area contributed by atoms with Crippen molar-refractivity contribution >= 4 is 35.0 Å². The zero-order valence-corrected chi connectivity index (χ0v) is 25.3. The number of nitrogens with zero attached hydrogens (tertiary/aromatic N) is 5. The van der Waals surface area contributed by atoms with Crippen molar-refractivity contribution in [3.8, 4) is 5.75 Å². The van der Waals surface area contributed by atoms with Gasteiger partial charge in [0.1, 0.15) is 11.4 Å². The number of hydrogen-bond donors (Lipinski definition) is 1. The first-order chi connectivity index (χ1) is 20.6. The Hall–Kier alpha value is -4.36. The summed E-state index contributed by atoms with van der Waals surface area (Å²) in [6.45, 7) is 14.1. The van der Waals surface area contributed by atoms with Gasteiger partial charge in [-0.25, -0.2) is 4.85 Å². The molecule has 43 heavy (non-hydrogen) atoms. The molecule has 1 aromatic heterocycles. The van der Waals surface area contributed by atoms with Gasteiger partial charge in [0.2, 0.25) is 5.69 Å². The van der Waals surface area contributed by atoms with Crippen LogP contribution in [0.5, 0.6) is 5.75 Å². The molecule has 0 bridgehead atoms. The van der Waals surface area contributed by atoms with E-state index in [0.717, 1.165) is 16.8 Å². The average molecular weight is 601 g/mol. The number of halogens is 1. The number of rotatable bonds is 6. The van der Waals surface area contributed by atoms with E-state index >= 15 is 0 Å². The number of benzene rings is 2. The van der Waals surface area contributed by atoms with Crippen LogP contribution in [0.2, 0.25) is 5.02 Å². The summed E-state index contributed by atoms with van der Waals surface area (Å²) < 4.78 is 7.83. The Morgan fingerprint density at radius 3 is 2.53 bits per heavy atom. The Balaban J connectivity index is 1.24. The molecule has 0 radical (unpaired) electrons. The minimum absolute atomic E-state index is 0.0532. The Bertz CT molecular complexity index is 1670. The molecule has 2 aromatic carbocycles. The van der Waals surface area contributed by atoms with Crippen LogP contribution in [0, 0.1) is 6.57 Å². The van der Waals surface area contributed by atoms with Crippen LogP contribution < -0.4 is 10.1 Å². The van der Waals surface area contributed by atoms with Gasteiger partial charge >= 0.3 is 0 Å². The Labute approximate surface area is 255 Å². The van der Waals surface area contributed by atoms with E-state index in [4.69, 9.17) is 28.0 Å². The Kier molecular flexibility index (Phi) is 7.17. The largest absolute Gasteiger partial charge is 0.477 e. The van der Waals surface area contributed by atoms with Gasteiger partial charge in [-0.15, -0.1) is 0 Å². The second kappa shape index (κ2) is 10.7. The van der Waals surface area contributed by atoms with Crippen molar-refractivity contribution in [2.75, 3.05) is 13.6 Å².